The zero-order chi connectivity index (χ0) is 27.2. The third-order valence-electron chi connectivity index (χ3n) is 6.86. The Labute approximate surface area is 225 Å². The van der Waals surface area contributed by atoms with E-state index in [1.54, 1.807) is 74.4 Å². The number of carbonyl (C=O) groups is 2. The van der Waals surface area contributed by atoms with Crippen LogP contribution < -0.4 is 15.1 Å². The summed E-state index contributed by atoms with van der Waals surface area (Å²) in [5.74, 6) is -1.08. The van der Waals surface area contributed by atoms with Crippen LogP contribution in [0.2, 0.25) is 0 Å². The summed E-state index contributed by atoms with van der Waals surface area (Å²) in [4.78, 5) is 36.8. The standard InChI is InChI=1S/C29H24FN5O2S/c1-17-11-22(9-10-25(17)31-4)34-27(37)29(2,3)35(28(34)38)23-8-7-20(24(30)13-23)16-33-26(36)18-5-6-19-14-32-15-21(19)12-18/h5-14H,15-16H2,1-3H3,(H,33,36). The largest absolute Gasteiger partial charge is 0.348 e. The molecule has 2 amide bonds. The first kappa shape index (κ1) is 25.2. The Morgan fingerprint density at radius 1 is 1.16 bits per heavy atom. The zero-order valence-electron chi connectivity index (χ0n) is 21.1. The van der Waals surface area contributed by atoms with E-state index in [0.29, 0.717) is 34.7 Å². The van der Waals surface area contributed by atoms with Crippen LogP contribution in [0.15, 0.2) is 59.6 Å². The summed E-state index contributed by atoms with van der Waals surface area (Å²) in [5, 5.41) is 2.99. The van der Waals surface area contributed by atoms with Crippen LogP contribution in [0, 0.1) is 19.3 Å². The minimum absolute atomic E-state index is 0.00407. The van der Waals surface area contributed by atoms with Gasteiger partial charge in [0, 0.05) is 35.3 Å². The number of rotatable bonds is 5. The number of nitrogens with one attached hydrogen (secondary N) is 1. The molecule has 0 bridgehead atoms. The quantitative estimate of drug-likeness (QED) is 0.355. The average molecular weight is 526 g/mol. The van der Waals surface area contributed by atoms with Gasteiger partial charge in [0.15, 0.2) is 10.8 Å². The lowest BCUT2D eigenvalue weighted by molar-refractivity contribution is -0.120. The normalized spacial score (nSPS) is 15.6. The fraction of sp³-hybridized carbons (Fsp3) is 0.207. The molecular formula is C29H24FN5O2S. The fourth-order valence-electron chi connectivity index (χ4n) is 4.71. The number of halogens is 1. The van der Waals surface area contributed by atoms with E-state index < -0.39 is 11.4 Å². The molecule has 9 heteroatoms. The number of amides is 2. The first-order valence-corrected chi connectivity index (χ1v) is 12.4. The van der Waals surface area contributed by atoms with Crippen molar-refractivity contribution in [2.75, 3.05) is 9.80 Å². The van der Waals surface area contributed by atoms with Crippen molar-refractivity contribution in [1.29, 1.82) is 0 Å². The summed E-state index contributed by atoms with van der Waals surface area (Å²) >= 11 is 5.69. The molecule has 1 fully saturated rings. The Balaban J connectivity index is 1.35. The summed E-state index contributed by atoms with van der Waals surface area (Å²) in [6.07, 6.45) is 1.78. The Morgan fingerprint density at radius 2 is 1.92 bits per heavy atom. The molecule has 2 aliphatic rings. The molecule has 7 nitrogen and oxygen atoms in total. The summed E-state index contributed by atoms with van der Waals surface area (Å²) in [6.45, 7) is 13.1. The number of thiocarbonyl (C=S) groups is 1. The van der Waals surface area contributed by atoms with Crippen LogP contribution in [0.5, 0.6) is 0 Å². The van der Waals surface area contributed by atoms with Crippen LogP contribution in [0.4, 0.5) is 21.5 Å². The highest BCUT2D eigenvalue weighted by atomic mass is 32.1. The molecule has 3 aromatic rings. The second-order valence-corrected chi connectivity index (χ2v) is 10.1. The van der Waals surface area contributed by atoms with E-state index in [4.69, 9.17) is 18.8 Å². The highest BCUT2D eigenvalue weighted by molar-refractivity contribution is 7.81. The third kappa shape index (κ3) is 4.23. The van der Waals surface area contributed by atoms with Gasteiger partial charge in [-0.05, 0) is 86.1 Å². The number of nitrogens with zero attached hydrogens (tertiary/aromatic N) is 4. The first-order valence-electron chi connectivity index (χ1n) is 12.0. The van der Waals surface area contributed by atoms with Crippen LogP contribution >= 0.6 is 12.2 Å². The van der Waals surface area contributed by atoms with E-state index in [1.807, 2.05) is 6.07 Å². The molecule has 190 valence electrons. The number of carbonyl (C=O) groups excluding carboxylic acids is 2. The van der Waals surface area contributed by atoms with Gasteiger partial charge in [0.1, 0.15) is 11.4 Å². The molecule has 1 N–H and O–H groups in total. The van der Waals surface area contributed by atoms with Crippen molar-refractivity contribution in [3.05, 3.63) is 99.6 Å². The maximum Gasteiger partial charge on any atom is 0.259 e. The number of hydrogen-bond donors (Lipinski definition) is 1. The molecule has 1 saturated heterocycles. The molecule has 0 spiro atoms. The molecule has 2 aliphatic heterocycles. The third-order valence-corrected chi connectivity index (χ3v) is 7.22. The average Bonchev–Trinajstić information content (AvgIpc) is 3.42. The van der Waals surface area contributed by atoms with E-state index in [0.717, 1.165) is 16.7 Å². The Morgan fingerprint density at radius 3 is 2.63 bits per heavy atom. The summed E-state index contributed by atoms with van der Waals surface area (Å²) in [6, 6.07) is 15.1. The molecule has 0 radical (unpaired) electrons. The molecule has 0 unspecified atom stereocenters. The topological polar surface area (TPSA) is 69.4 Å². The van der Waals surface area contributed by atoms with Gasteiger partial charge in [0.25, 0.3) is 11.8 Å². The Hall–Kier alpha value is -4.42. The number of hydrogen-bond acceptors (Lipinski definition) is 4. The highest BCUT2D eigenvalue weighted by Crippen LogP contribution is 2.38. The summed E-state index contributed by atoms with van der Waals surface area (Å²) in [7, 11) is 0. The molecule has 3 aromatic carbocycles. The first-order chi connectivity index (χ1) is 18.1. The van der Waals surface area contributed by atoms with Crippen LogP contribution in [0.25, 0.3) is 4.85 Å². The summed E-state index contributed by atoms with van der Waals surface area (Å²) in [5.41, 5.74) is 3.93. The number of anilines is 2. The lowest BCUT2D eigenvalue weighted by Crippen LogP contribution is -2.44. The Bertz CT molecular complexity index is 1590. The lowest BCUT2D eigenvalue weighted by atomic mass is 10.0. The van der Waals surface area contributed by atoms with Crippen molar-refractivity contribution in [1.82, 2.24) is 5.32 Å². The number of aliphatic imine (C=N–C) groups is 1. The molecule has 0 saturated carbocycles. The molecule has 0 aliphatic carbocycles. The zero-order valence-corrected chi connectivity index (χ0v) is 21.9. The van der Waals surface area contributed by atoms with Crippen molar-refractivity contribution in [3.8, 4) is 0 Å². The minimum Gasteiger partial charge on any atom is -0.348 e. The van der Waals surface area contributed by atoms with Crippen LogP contribution in [-0.2, 0) is 17.9 Å². The van der Waals surface area contributed by atoms with Crippen molar-refractivity contribution in [2.45, 2.75) is 39.4 Å². The highest BCUT2D eigenvalue weighted by Gasteiger charge is 2.50. The minimum atomic E-state index is -1.07. The maximum atomic E-state index is 15.2. The number of benzene rings is 3. The smallest absolute Gasteiger partial charge is 0.259 e. The van der Waals surface area contributed by atoms with Crippen molar-refractivity contribution in [2.24, 2.45) is 4.99 Å². The van der Waals surface area contributed by atoms with Crippen molar-refractivity contribution < 1.29 is 14.0 Å². The van der Waals surface area contributed by atoms with Gasteiger partial charge in [-0.15, -0.1) is 0 Å². The molecule has 5 rings (SSSR count). The van der Waals surface area contributed by atoms with Crippen LogP contribution in [0.3, 0.4) is 0 Å². The SMILES string of the molecule is [C-]#[N+]c1ccc(N2C(=O)C(C)(C)N(c3ccc(CNC(=O)c4ccc5c(c4)CN=C5)c(F)c3)C2=S)cc1C. The second kappa shape index (κ2) is 9.47. The van der Waals surface area contributed by atoms with Crippen LogP contribution in [-0.4, -0.2) is 28.7 Å². The molecule has 2 heterocycles. The van der Waals surface area contributed by atoms with E-state index >= 15 is 4.39 Å². The van der Waals surface area contributed by atoms with Gasteiger partial charge in [-0.25, -0.2) is 9.24 Å². The van der Waals surface area contributed by atoms with Crippen molar-refractivity contribution in [3.63, 3.8) is 0 Å². The van der Waals surface area contributed by atoms with E-state index in [-0.39, 0.29) is 23.5 Å². The second-order valence-electron chi connectivity index (χ2n) is 9.74. The van der Waals surface area contributed by atoms with Crippen molar-refractivity contribution >= 4 is 52.4 Å². The predicted octanol–water partition coefficient (Wildman–Crippen LogP) is 5.46. The number of fused-ring (bicyclic) bond motifs is 1. The fourth-order valence-corrected chi connectivity index (χ4v) is 5.23. The summed E-state index contributed by atoms with van der Waals surface area (Å²) < 4.78 is 15.2. The lowest BCUT2D eigenvalue weighted by Gasteiger charge is -2.29. The monoisotopic (exact) mass is 525 g/mol. The van der Waals surface area contributed by atoms with Gasteiger partial charge in [0.2, 0.25) is 0 Å². The van der Waals surface area contributed by atoms with Gasteiger partial charge < -0.3 is 10.2 Å². The molecule has 0 aromatic heterocycles. The van der Waals surface area contributed by atoms with Crippen LogP contribution in [0.1, 0.15) is 46.5 Å². The molecule has 38 heavy (non-hydrogen) atoms. The predicted molar refractivity (Wildman–Crippen MR) is 149 cm³/mol. The van der Waals surface area contributed by atoms with Gasteiger partial charge in [-0.1, -0.05) is 18.2 Å². The number of aryl methyl sites for hydroxylation is 1. The molecular weight excluding hydrogens is 501 g/mol. The van der Waals surface area contributed by atoms with Gasteiger partial charge >= 0.3 is 0 Å². The van der Waals surface area contributed by atoms with Gasteiger partial charge in [-0.3, -0.25) is 19.5 Å². The van der Waals surface area contributed by atoms with Gasteiger partial charge in [0.05, 0.1) is 13.1 Å². The van der Waals surface area contributed by atoms with E-state index in [2.05, 4.69) is 15.2 Å². The Kier molecular flexibility index (Phi) is 6.29. The maximum absolute atomic E-state index is 15.2. The van der Waals surface area contributed by atoms with Gasteiger partial charge in [-0.2, -0.15) is 0 Å². The molecule has 0 atom stereocenters. The van der Waals surface area contributed by atoms with E-state index in [1.165, 1.54) is 11.0 Å². The van der Waals surface area contributed by atoms with E-state index in [9.17, 15) is 9.59 Å².